The number of aryl methyl sites for hydroxylation is 1. The van der Waals surface area contributed by atoms with Crippen LogP contribution in [0.5, 0.6) is 0 Å². The van der Waals surface area contributed by atoms with Gasteiger partial charge in [-0.15, -0.1) is 0 Å². The Balaban J connectivity index is 1.71. The van der Waals surface area contributed by atoms with Crippen LogP contribution in [-0.2, 0) is 6.42 Å². The number of hydrogen-bond acceptors (Lipinski definition) is 3. The highest BCUT2D eigenvalue weighted by Crippen LogP contribution is 2.19. The molecular weight excluding hydrogens is 338 g/mol. The number of benzene rings is 2. The van der Waals surface area contributed by atoms with E-state index >= 15 is 0 Å². The summed E-state index contributed by atoms with van der Waals surface area (Å²) in [5, 5.41) is 3.99. The highest BCUT2D eigenvalue weighted by Gasteiger charge is 2.16. The van der Waals surface area contributed by atoms with Gasteiger partial charge in [-0.05, 0) is 49.6 Å². The molecule has 0 radical (unpaired) electrons. The highest BCUT2D eigenvalue weighted by atomic mass is 35.5. The standard InChI is InChI=1S/C20H18ClNO3/c1-13(7-8-14-5-3-2-4-6-14)22-19(23)17-12-15-11-16(21)9-10-18(15)25-20(17)24/h2-6,9-13H,7-8H2,1H3,(H,22,23). The van der Waals surface area contributed by atoms with Crippen LogP contribution in [0.15, 0.2) is 63.8 Å². The van der Waals surface area contributed by atoms with Gasteiger partial charge in [-0.25, -0.2) is 4.79 Å². The molecule has 1 heterocycles. The molecule has 4 nitrogen and oxygen atoms in total. The Morgan fingerprint density at radius 3 is 2.68 bits per heavy atom. The molecule has 0 fully saturated rings. The number of rotatable bonds is 5. The molecular formula is C20H18ClNO3. The first-order valence-electron chi connectivity index (χ1n) is 8.11. The fraction of sp³-hybridized carbons (Fsp3) is 0.200. The van der Waals surface area contributed by atoms with Gasteiger partial charge in [-0.3, -0.25) is 4.79 Å². The van der Waals surface area contributed by atoms with E-state index < -0.39 is 11.5 Å². The molecule has 128 valence electrons. The normalized spacial score (nSPS) is 12.1. The second-order valence-electron chi connectivity index (χ2n) is 6.03. The molecule has 2 aromatic carbocycles. The van der Waals surface area contributed by atoms with Gasteiger partial charge in [0.25, 0.3) is 5.91 Å². The molecule has 25 heavy (non-hydrogen) atoms. The lowest BCUT2D eigenvalue weighted by atomic mass is 10.1. The Morgan fingerprint density at radius 2 is 1.92 bits per heavy atom. The summed E-state index contributed by atoms with van der Waals surface area (Å²) in [6, 6.07) is 16.4. The van der Waals surface area contributed by atoms with Crippen molar-refractivity contribution in [3.05, 3.63) is 81.2 Å². The summed E-state index contributed by atoms with van der Waals surface area (Å²) in [6.45, 7) is 1.92. The van der Waals surface area contributed by atoms with Gasteiger partial charge in [0.2, 0.25) is 0 Å². The fourth-order valence-electron chi connectivity index (χ4n) is 2.65. The first kappa shape index (κ1) is 17.2. The molecule has 0 aliphatic carbocycles. The predicted octanol–water partition coefficient (Wildman–Crippen LogP) is 4.20. The highest BCUT2D eigenvalue weighted by molar-refractivity contribution is 6.31. The van der Waals surface area contributed by atoms with E-state index in [1.54, 1.807) is 18.2 Å². The van der Waals surface area contributed by atoms with Crippen LogP contribution in [0.3, 0.4) is 0 Å². The van der Waals surface area contributed by atoms with E-state index in [0.717, 1.165) is 12.8 Å². The lowest BCUT2D eigenvalue weighted by Crippen LogP contribution is -2.35. The van der Waals surface area contributed by atoms with Crippen LogP contribution in [-0.4, -0.2) is 11.9 Å². The average Bonchev–Trinajstić information content (AvgIpc) is 2.60. The number of hydrogen-bond donors (Lipinski definition) is 1. The van der Waals surface area contributed by atoms with Gasteiger partial charge in [0.05, 0.1) is 0 Å². The number of amides is 1. The number of carbonyl (C=O) groups excluding carboxylic acids is 1. The van der Waals surface area contributed by atoms with Crippen LogP contribution in [0.4, 0.5) is 0 Å². The Kier molecular flexibility index (Phi) is 5.19. The number of carbonyl (C=O) groups is 1. The van der Waals surface area contributed by atoms with E-state index in [1.807, 2.05) is 25.1 Å². The molecule has 0 saturated carbocycles. The zero-order valence-electron chi connectivity index (χ0n) is 13.8. The molecule has 0 saturated heterocycles. The van der Waals surface area contributed by atoms with Crippen molar-refractivity contribution < 1.29 is 9.21 Å². The fourth-order valence-corrected chi connectivity index (χ4v) is 2.83. The SMILES string of the molecule is CC(CCc1ccccc1)NC(=O)c1cc2cc(Cl)ccc2oc1=O. The van der Waals surface area contributed by atoms with Crippen molar-refractivity contribution in [3.8, 4) is 0 Å². The Bertz CT molecular complexity index is 950. The minimum atomic E-state index is -0.650. The first-order chi connectivity index (χ1) is 12.0. The van der Waals surface area contributed by atoms with Crippen LogP contribution in [0.1, 0.15) is 29.3 Å². The summed E-state index contributed by atoms with van der Waals surface area (Å²) in [4.78, 5) is 24.5. The maximum Gasteiger partial charge on any atom is 0.349 e. The minimum Gasteiger partial charge on any atom is -0.422 e. The van der Waals surface area contributed by atoms with Crippen LogP contribution in [0.2, 0.25) is 5.02 Å². The van der Waals surface area contributed by atoms with Crippen molar-refractivity contribution in [3.63, 3.8) is 0 Å². The van der Waals surface area contributed by atoms with E-state index in [2.05, 4.69) is 17.4 Å². The van der Waals surface area contributed by atoms with Gasteiger partial charge in [0.1, 0.15) is 11.1 Å². The maximum absolute atomic E-state index is 12.4. The third-order valence-electron chi connectivity index (χ3n) is 4.03. The summed E-state index contributed by atoms with van der Waals surface area (Å²) in [7, 11) is 0. The summed E-state index contributed by atoms with van der Waals surface area (Å²) >= 11 is 5.95. The zero-order chi connectivity index (χ0) is 17.8. The van der Waals surface area contributed by atoms with Crippen LogP contribution >= 0.6 is 11.6 Å². The number of halogens is 1. The Labute approximate surface area is 150 Å². The Hall–Kier alpha value is -2.59. The first-order valence-corrected chi connectivity index (χ1v) is 8.49. The lowest BCUT2D eigenvalue weighted by Gasteiger charge is -2.13. The summed E-state index contributed by atoms with van der Waals surface area (Å²) in [5.74, 6) is -0.434. The molecule has 0 aliphatic rings. The van der Waals surface area contributed by atoms with Gasteiger partial charge in [0, 0.05) is 16.5 Å². The second-order valence-corrected chi connectivity index (χ2v) is 6.46. The lowest BCUT2D eigenvalue weighted by molar-refractivity contribution is 0.0935. The van der Waals surface area contributed by atoms with Crippen molar-refractivity contribution >= 4 is 28.5 Å². The van der Waals surface area contributed by atoms with Gasteiger partial charge in [-0.1, -0.05) is 41.9 Å². The molecule has 3 aromatic rings. The van der Waals surface area contributed by atoms with Crippen LogP contribution < -0.4 is 10.9 Å². The van der Waals surface area contributed by atoms with Crippen molar-refractivity contribution in [2.24, 2.45) is 0 Å². The molecule has 1 unspecified atom stereocenters. The van der Waals surface area contributed by atoms with E-state index in [4.69, 9.17) is 16.0 Å². The Morgan fingerprint density at radius 1 is 1.16 bits per heavy atom. The third-order valence-corrected chi connectivity index (χ3v) is 4.26. The number of fused-ring (bicyclic) bond motifs is 1. The number of nitrogens with one attached hydrogen (secondary N) is 1. The van der Waals surface area contributed by atoms with Crippen molar-refractivity contribution in [1.29, 1.82) is 0 Å². The van der Waals surface area contributed by atoms with E-state index in [-0.39, 0.29) is 11.6 Å². The largest absolute Gasteiger partial charge is 0.422 e. The molecule has 1 aromatic heterocycles. The molecule has 0 bridgehead atoms. The van der Waals surface area contributed by atoms with Crippen molar-refractivity contribution in [1.82, 2.24) is 5.32 Å². The zero-order valence-corrected chi connectivity index (χ0v) is 14.5. The summed E-state index contributed by atoms with van der Waals surface area (Å²) < 4.78 is 5.20. The average molecular weight is 356 g/mol. The molecule has 1 atom stereocenters. The maximum atomic E-state index is 12.4. The van der Waals surface area contributed by atoms with E-state index in [0.29, 0.717) is 16.0 Å². The van der Waals surface area contributed by atoms with E-state index in [1.165, 1.54) is 11.6 Å². The van der Waals surface area contributed by atoms with Crippen molar-refractivity contribution in [2.75, 3.05) is 0 Å². The topological polar surface area (TPSA) is 59.3 Å². The van der Waals surface area contributed by atoms with Gasteiger partial charge in [0.15, 0.2) is 0 Å². The summed E-state index contributed by atoms with van der Waals surface area (Å²) in [5.41, 5.74) is 0.954. The molecule has 3 rings (SSSR count). The second kappa shape index (κ2) is 7.53. The molecule has 0 spiro atoms. The smallest absolute Gasteiger partial charge is 0.349 e. The third kappa shape index (κ3) is 4.28. The molecule has 0 aliphatic heterocycles. The molecule has 1 N–H and O–H groups in total. The van der Waals surface area contributed by atoms with Gasteiger partial charge < -0.3 is 9.73 Å². The van der Waals surface area contributed by atoms with Crippen LogP contribution in [0, 0.1) is 0 Å². The predicted molar refractivity (Wildman–Crippen MR) is 99.2 cm³/mol. The molecule has 5 heteroatoms. The van der Waals surface area contributed by atoms with Crippen LogP contribution in [0.25, 0.3) is 11.0 Å². The minimum absolute atomic E-state index is 0.0127. The molecule has 1 amide bonds. The van der Waals surface area contributed by atoms with Gasteiger partial charge in [-0.2, -0.15) is 0 Å². The monoisotopic (exact) mass is 355 g/mol. The summed E-state index contributed by atoms with van der Waals surface area (Å²) in [6.07, 6.45) is 1.63. The van der Waals surface area contributed by atoms with Gasteiger partial charge >= 0.3 is 5.63 Å². The van der Waals surface area contributed by atoms with Crippen molar-refractivity contribution in [2.45, 2.75) is 25.8 Å². The van der Waals surface area contributed by atoms with E-state index in [9.17, 15) is 9.59 Å². The quantitative estimate of drug-likeness (QED) is 0.698.